The molecule has 0 radical (unpaired) electrons. The molecule has 1 aromatic rings. The highest BCUT2D eigenvalue weighted by Crippen LogP contribution is 2.34. The molecule has 0 aromatic carbocycles. The Hall–Kier alpha value is -1.36. The molecule has 3 atom stereocenters. The van der Waals surface area contributed by atoms with Crippen LogP contribution in [0.3, 0.4) is 0 Å². The summed E-state index contributed by atoms with van der Waals surface area (Å²) in [5, 5.41) is 7.36. The topological polar surface area (TPSA) is 58.4 Å². The van der Waals surface area contributed by atoms with E-state index in [1.807, 2.05) is 17.9 Å². The molecule has 3 heterocycles. The molecule has 1 N–H and O–H groups in total. The second kappa shape index (κ2) is 5.56. The highest BCUT2D eigenvalue weighted by molar-refractivity contribution is 5.79. The number of aromatic nitrogens is 1. The number of hydrogen-bond donors (Lipinski definition) is 1. The maximum absolute atomic E-state index is 12.8. The monoisotopic (exact) mass is 277 g/mol. The number of carbonyl (C=O) groups is 1. The fourth-order valence-electron chi connectivity index (χ4n) is 3.46. The first kappa shape index (κ1) is 13.6. The Kier molecular flexibility index (Phi) is 3.78. The fraction of sp³-hybridized carbons (Fsp3) is 0.733. The number of aryl methyl sites for hydroxylation is 1. The Balaban J connectivity index is 1.73. The number of piperidine rings is 1. The molecule has 1 amide bonds. The summed E-state index contributed by atoms with van der Waals surface area (Å²) < 4.78 is 5.38. The SMILES string of the molecule is Cc1cc(C2CCCN2C(=O)C2CCNC(C)C2)on1. The molecule has 3 rings (SSSR count). The van der Waals surface area contributed by atoms with Gasteiger partial charge in [0, 0.05) is 24.6 Å². The minimum atomic E-state index is 0.0916. The van der Waals surface area contributed by atoms with Gasteiger partial charge < -0.3 is 14.7 Å². The van der Waals surface area contributed by atoms with Crippen molar-refractivity contribution in [1.29, 1.82) is 0 Å². The number of nitrogens with one attached hydrogen (secondary N) is 1. The van der Waals surface area contributed by atoms with E-state index in [4.69, 9.17) is 4.52 Å². The lowest BCUT2D eigenvalue weighted by Crippen LogP contribution is -2.43. The van der Waals surface area contributed by atoms with Crippen LogP contribution in [0.1, 0.15) is 50.1 Å². The molecule has 3 unspecified atom stereocenters. The normalized spacial score (nSPS) is 30.7. The van der Waals surface area contributed by atoms with E-state index in [1.54, 1.807) is 0 Å². The van der Waals surface area contributed by atoms with Crippen LogP contribution in [0.5, 0.6) is 0 Å². The number of hydrogen-bond acceptors (Lipinski definition) is 4. The summed E-state index contributed by atoms with van der Waals surface area (Å²) in [6.07, 6.45) is 3.93. The predicted octanol–water partition coefficient (Wildman–Crippen LogP) is 2.03. The summed E-state index contributed by atoms with van der Waals surface area (Å²) in [5.74, 6) is 1.31. The summed E-state index contributed by atoms with van der Waals surface area (Å²) in [6, 6.07) is 2.49. The lowest BCUT2D eigenvalue weighted by Gasteiger charge is -2.32. The highest BCUT2D eigenvalue weighted by Gasteiger charge is 2.37. The molecular weight excluding hydrogens is 254 g/mol. The van der Waals surface area contributed by atoms with Crippen LogP contribution in [0.2, 0.25) is 0 Å². The van der Waals surface area contributed by atoms with Gasteiger partial charge in [-0.3, -0.25) is 4.79 Å². The molecule has 20 heavy (non-hydrogen) atoms. The zero-order valence-corrected chi connectivity index (χ0v) is 12.3. The van der Waals surface area contributed by atoms with Gasteiger partial charge in [0.25, 0.3) is 0 Å². The van der Waals surface area contributed by atoms with Crippen molar-refractivity contribution >= 4 is 5.91 Å². The van der Waals surface area contributed by atoms with Crippen LogP contribution in [0.25, 0.3) is 0 Å². The van der Waals surface area contributed by atoms with E-state index in [-0.39, 0.29) is 12.0 Å². The largest absolute Gasteiger partial charge is 0.359 e. The number of rotatable bonds is 2. The van der Waals surface area contributed by atoms with E-state index in [1.165, 1.54) is 0 Å². The van der Waals surface area contributed by atoms with Crippen LogP contribution in [0.4, 0.5) is 0 Å². The summed E-state index contributed by atoms with van der Waals surface area (Å²) >= 11 is 0. The lowest BCUT2D eigenvalue weighted by molar-refractivity contribution is -0.138. The van der Waals surface area contributed by atoms with E-state index in [0.29, 0.717) is 11.9 Å². The molecule has 110 valence electrons. The van der Waals surface area contributed by atoms with Crippen molar-refractivity contribution in [1.82, 2.24) is 15.4 Å². The van der Waals surface area contributed by atoms with E-state index >= 15 is 0 Å². The Morgan fingerprint density at radius 3 is 3.05 bits per heavy atom. The van der Waals surface area contributed by atoms with Crippen molar-refractivity contribution in [2.45, 2.75) is 51.6 Å². The second-order valence-electron chi connectivity index (χ2n) is 6.14. The highest BCUT2D eigenvalue weighted by atomic mass is 16.5. The van der Waals surface area contributed by atoms with Crippen LogP contribution >= 0.6 is 0 Å². The smallest absolute Gasteiger partial charge is 0.226 e. The fourth-order valence-corrected chi connectivity index (χ4v) is 3.46. The predicted molar refractivity (Wildman–Crippen MR) is 75.1 cm³/mol. The molecule has 2 fully saturated rings. The molecule has 1 aromatic heterocycles. The van der Waals surface area contributed by atoms with Crippen molar-refractivity contribution in [3.63, 3.8) is 0 Å². The molecule has 5 nitrogen and oxygen atoms in total. The standard InChI is InChI=1S/C15H23N3O2/c1-10-8-12(5-6-16-10)15(19)18-7-3-4-13(18)14-9-11(2)17-20-14/h9-10,12-13,16H,3-8H2,1-2H3. The van der Waals surface area contributed by atoms with Crippen molar-refractivity contribution in [3.8, 4) is 0 Å². The van der Waals surface area contributed by atoms with E-state index < -0.39 is 0 Å². The van der Waals surface area contributed by atoms with Gasteiger partial charge in [-0.25, -0.2) is 0 Å². The Morgan fingerprint density at radius 1 is 1.50 bits per heavy atom. The van der Waals surface area contributed by atoms with Crippen LogP contribution in [0, 0.1) is 12.8 Å². The van der Waals surface area contributed by atoms with Gasteiger partial charge >= 0.3 is 0 Å². The first-order chi connectivity index (χ1) is 9.65. The van der Waals surface area contributed by atoms with Gasteiger partial charge in [0.1, 0.15) is 0 Å². The van der Waals surface area contributed by atoms with Crippen molar-refractivity contribution < 1.29 is 9.32 Å². The zero-order chi connectivity index (χ0) is 14.1. The van der Waals surface area contributed by atoms with Gasteiger partial charge in [0.15, 0.2) is 5.76 Å². The maximum Gasteiger partial charge on any atom is 0.226 e. The van der Waals surface area contributed by atoms with E-state index in [0.717, 1.165) is 50.2 Å². The molecule has 0 saturated carbocycles. The third-order valence-electron chi connectivity index (χ3n) is 4.48. The summed E-state index contributed by atoms with van der Waals surface area (Å²) in [6.45, 7) is 5.86. The minimum absolute atomic E-state index is 0.0916. The lowest BCUT2D eigenvalue weighted by atomic mass is 9.91. The number of nitrogens with zero attached hydrogens (tertiary/aromatic N) is 2. The van der Waals surface area contributed by atoms with Crippen LogP contribution in [-0.4, -0.2) is 35.1 Å². The summed E-state index contributed by atoms with van der Waals surface area (Å²) in [5.41, 5.74) is 0.884. The average Bonchev–Trinajstić information content (AvgIpc) is 3.06. The van der Waals surface area contributed by atoms with Crippen molar-refractivity contribution in [2.24, 2.45) is 5.92 Å². The number of amides is 1. The van der Waals surface area contributed by atoms with Gasteiger partial charge in [0.05, 0.1) is 11.7 Å². The van der Waals surface area contributed by atoms with E-state index in [2.05, 4.69) is 17.4 Å². The van der Waals surface area contributed by atoms with Gasteiger partial charge in [-0.15, -0.1) is 0 Å². The zero-order valence-electron chi connectivity index (χ0n) is 12.3. The number of likely N-dealkylation sites (tertiary alicyclic amines) is 1. The maximum atomic E-state index is 12.8. The third-order valence-corrected chi connectivity index (χ3v) is 4.48. The third kappa shape index (κ3) is 2.59. The Labute approximate surface area is 119 Å². The van der Waals surface area contributed by atoms with Crippen LogP contribution < -0.4 is 5.32 Å². The molecule has 5 heteroatoms. The molecule has 0 bridgehead atoms. The van der Waals surface area contributed by atoms with Crippen LogP contribution in [-0.2, 0) is 4.79 Å². The molecule has 0 spiro atoms. The van der Waals surface area contributed by atoms with Gasteiger partial charge in [-0.1, -0.05) is 5.16 Å². The molecule has 2 saturated heterocycles. The second-order valence-corrected chi connectivity index (χ2v) is 6.14. The minimum Gasteiger partial charge on any atom is -0.359 e. The molecular formula is C15H23N3O2. The van der Waals surface area contributed by atoms with Crippen molar-refractivity contribution in [3.05, 3.63) is 17.5 Å². The van der Waals surface area contributed by atoms with Gasteiger partial charge in [-0.2, -0.15) is 0 Å². The first-order valence-corrected chi connectivity index (χ1v) is 7.62. The van der Waals surface area contributed by atoms with Crippen molar-refractivity contribution in [2.75, 3.05) is 13.1 Å². The molecule has 0 aliphatic carbocycles. The Morgan fingerprint density at radius 2 is 2.35 bits per heavy atom. The number of carbonyl (C=O) groups excluding carboxylic acids is 1. The van der Waals surface area contributed by atoms with Gasteiger partial charge in [-0.05, 0) is 46.1 Å². The van der Waals surface area contributed by atoms with Crippen LogP contribution in [0.15, 0.2) is 10.6 Å². The van der Waals surface area contributed by atoms with E-state index in [9.17, 15) is 4.79 Å². The first-order valence-electron chi connectivity index (χ1n) is 7.62. The van der Waals surface area contributed by atoms with Gasteiger partial charge in [0.2, 0.25) is 5.91 Å². The Bertz CT molecular complexity index is 485. The molecule has 2 aliphatic rings. The summed E-state index contributed by atoms with van der Waals surface area (Å²) in [4.78, 5) is 14.8. The molecule has 2 aliphatic heterocycles. The quantitative estimate of drug-likeness (QED) is 0.898. The summed E-state index contributed by atoms with van der Waals surface area (Å²) in [7, 11) is 0. The average molecular weight is 277 g/mol.